The van der Waals surface area contributed by atoms with Crippen molar-refractivity contribution in [2.75, 3.05) is 20.0 Å². The van der Waals surface area contributed by atoms with Crippen LogP contribution in [0.15, 0.2) is 0 Å². The smallest absolute Gasteiger partial charge is 0.168 e. The summed E-state index contributed by atoms with van der Waals surface area (Å²) in [7, 11) is 3.40. The van der Waals surface area contributed by atoms with Gasteiger partial charge in [0.05, 0.1) is 5.25 Å². The molecule has 0 saturated carbocycles. The number of hydrogen-bond acceptors (Lipinski definition) is 3. The van der Waals surface area contributed by atoms with Crippen molar-refractivity contribution in [3.05, 3.63) is 0 Å². The minimum atomic E-state index is 0.00694. The van der Waals surface area contributed by atoms with E-state index in [-0.39, 0.29) is 6.29 Å². The molecule has 1 rings (SSSR count). The average molecular weight is 162 g/mol. The normalized spacial score (nSPS) is 26.1. The van der Waals surface area contributed by atoms with Crippen molar-refractivity contribution < 1.29 is 9.47 Å². The second kappa shape index (κ2) is 4.21. The Hall–Kier alpha value is 0.270. The van der Waals surface area contributed by atoms with Gasteiger partial charge in [0.25, 0.3) is 0 Å². The zero-order valence-electron chi connectivity index (χ0n) is 6.50. The van der Waals surface area contributed by atoms with E-state index in [4.69, 9.17) is 9.47 Å². The Bertz CT molecular complexity index is 87.6. The second-order valence-electron chi connectivity index (χ2n) is 2.39. The number of methoxy groups -OCH3 is 2. The topological polar surface area (TPSA) is 18.5 Å². The van der Waals surface area contributed by atoms with E-state index in [9.17, 15) is 0 Å². The van der Waals surface area contributed by atoms with Gasteiger partial charge in [-0.3, -0.25) is 0 Å². The Labute approximate surface area is 66.3 Å². The molecular weight excluding hydrogens is 148 g/mol. The lowest BCUT2D eigenvalue weighted by atomic mass is 10.2. The summed E-state index contributed by atoms with van der Waals surface area (Å²) in [6.07, 6.45) is 2.54. The molecular formula is C7H14O2S. The van der Waals surface area contributed by atoms with Crippen LogP contribution in [-0.2, 0) is 9.47 Å². The summed E-state index contributed by atoms with van der Waals surface area (Å²) < 4.78 is 10.3. The first-order chi connectivity index (χ1) is 4.88. The van der Waals surface area contributed by atoms with Gasteiger partial charge in [-0.15, -0.1) is 0 Å². The summed E-state index contributed by atoms with van der Waals surface area (Å²) in [6, 6.07) is 0. The highest BCUT2D eigenvalue weighted by Gasteiger charge is 2.24. The van der Waals surface area contributed by atoms with Crippen LogP contribution in [0.3, 0.4) is 0 Å². The molecule has 0 radical (unpaired) electrons. The van der Waals surface area contributed by atoms with Crippen molar-refractivity contribution in [2.24, 2.45) is 0 Å². The molecule has 3 heteroatoms. The molecule has 1 aliphatic heterocycles. The molecule has 1 fully saturated rings. The van der Waals surface area contributed by atoms with Gasteiger partial charge < -0.3 is 9.47 Å². The van der Waals surface area contributed by atoms with E-state index in [2.05, 4.69) is 0 Å². The van der Waals surface area contributed by atoms with Crippen LogP contribution in [0.1, 0.15) is 12.8 Å². The Morgan fingerprint density at radius 2 is 2.10 bits per heavy atom. The third kappa shape index (κ3) is 1.87. The lowest BCUT2D eigenvalue weighted by Gasteiger charge is -2.18. The van der Waals surface area contributed by atoms with Crippen molar-refractivity contribution in [3.63, 3.8) is 0 Å². The Morgan fingerprint density at radius 1 is 1.40 bits per heavy atom. The summed E-state index contributed by atoms with van der Waals surface area (Å²) >= 11 is 1.95. The van der Waals surface area contributed by atoms with E-state index in [0.29, 0.717) is 5.25 Å². The molecule has 0 aromatic rings. The molecule has 0 aromatic heterocycles. The highest BCUT2D eigenvalue weighted by molar-refractivity contribution is 8.00. The highest BCUT2D eigenvalue weighted by Crippen LogP contribution is 2.29. The fraction of sp³-hybridized carbons (Fsp3) is 1.00. The maximum Gasteiger partial charge on any atom is 0.168 e. The van der Waals surface area contributed by atoms with E-state index in [1.165, 1.54) is 18.6 Å². The van der Waals surface area contributed by atoms with E-state index in [1.807, 2.05) is 11.8 Å². The van der Waals surface area contributed by atoms with Crippen molar-refractivity contribution in [2.45, 2.75) is 24.4 Å². The van der Waals surface area contributed by atoms with Gasteiger partial charge in [0.15, 0.2) is 6.29 Å². The Kier molecular flexibility index (Phi) is 3.52. The fourth-order valence-corrected chi connectivity index (χ4v) is 2.57. The first kappa shape index (κ1) is 8.37. The predicted molar refractivity (Wildman–Crippen MR) is 43.3 cm³/mol. The van der Waals surface area contributed by atoms with Crippen LogP contribution in [0.4, 0.5) is 0 Å². The Balaban J connectivity index is 2.29. The fourth-order valence-electron chi connectivity index (χ4n) is 1.22. The SMILES string of the molecule is COC(OC)C1CCCS1. The van der Waals surface area contributed by atoms with Crippen LogP contribution in [0.25, 0.3) is 0 Å². The maximum absolute atomic E-state index is 5.14. The quantitative estimate of drug-likeness (QED) is 0.586. The molecule has 1 atom stereocenters. The molecule has 0 spiro atoms. The van der Waals surface area contributed by atoms with Gasteiger partial charge in [0.2, 0.25) is 0 Å². The highest BCUT2D eigenvalue weighted by atomic mass is 32.2. The van der Waals surface area contributed by atoms with Crippen LogP contribution in [0.5, 0.6) is 0 Å². The van der Waals surface area contributed by atoms with Gasteiger partial charge in [-0.1, -0.05) is 0 Å². The molecule has 1 unspecified atom stereocenters. The zero-order valence-corrected chi connectivity index (χ0v) is 7.32. The molecule has 0 N–H and O–H groups in total. The van der Waals surface area contributed by atoms with Crippen molar-refractivity contribution in [1.29, 1.82) is 0 Å². The molecule has 60 valence electrons. The van der Waals surface area contributed by atoms with Crippen LogP contribution in [0.2, 0.25) is 0 Å². The van der Waals surface area contributed by atoms with Crippen LogP contribution < -0.4 is 0 Å². The van der Waals surface area contributed by atoms with Crippen LogP contribution >= 0.6 is 11.8 Å². The molecule has 0 amide bonds. The van der Waals surface area contributed by atoms with Crippen LogP contribution in [-0.4, -0.2) is 31.5 Å². The molecule has 2 nitrogen and oxygen atoms in total. The zero-order chi connectivity index (χ0) is 7.40. The van der Waals surface area contributed by atoms with Gasteiger partial charge in [0.1, 0.15) is 0 Å². The van der Waals surface area contributed by atoms with Crippen molar-refractivity contribution >= 4 is 11.8 Å². The summed E-state index contributed by atoms with van der Waals surface area (Å²) in [5.41, 5.74) is 0. The lowest BCUT2D eigenvalue weighted by molar-refractivity contribution is -0.101. The minimum absolute atomic E-state index is 0.00694. The summed E-state index contributed by atoms with van der Waals surface area (Å²) in [5, 5.41) is 0.565. The monoisotopic (exact) mass is 162 g/mol. The second-order valence-corrected chi connectivity index (χ2v) is 3.74. The first-order valence-electron chi connectivity index (χ1n) is 3.55. The third-order valence-electron chi connectivity index (χ3n) is 1.73. The largest absolute Gasteiger partial charge is 0.355 e. The summed E-state index contributed by atoms with van der Waals surface area (Å²) in [6.45, 7) is 0. The Morgan fingerprint density at radius 3 is 2.50 bits per heavy atom. The number of thioether (sulfide) groups is 1. The first-order valence-corrected chi connectivity index (χ1v) is 4.60. The van der Waals surface area contributed by atoms with E-state index in [0.717, 1.165) is 0 Å². The number of ether oxygens (including phenoxy) is 2. The van der Waals surface area contributed by atoms with E-state index < -0.39 is 0 Å². The lowest BCUT2D eigenvalue weighted by Crippen LogP contribution is -2.24. The number of hydrogen-bond donors (Lipinski definition) is 0. The summed E-state index contributed by atoms with van der Waals surface area (Å²) in [4.78, 5) is 0. The van der Waals surface area contributed by atoms with Crippen molar-refractivity contribution in [1.82, 2.24) is 0 Å². The molecule has 10 heavy (non-hydrogen) atoms. The van der Waals surface area contributed by atoms with Gasteiger partial charge in [-0.05, 0) is 18.6 Å². The van der Waals surface area contributed by atoms with E-state index >= 15 is 0 Å². The predicted octanol–water partition coefficient (Wildman–Crippen LogP) is 1.50. The van der Waals surface area contributed by atoms with Crippen LogP contribution in [0, 0.1) is 0 Å². The standard InChI is InChI=1S/C7H14O2S/c1-8-7(9-2)6-4-3-5-10-6/h6-7H,3-5H2,1-2H3. The van der Waals surface area contributed by atoms with Gasteiger partial charge in [-0.2, -0.15) is 11.8 Å². The van der Waals surface area contributed by atoms with Crippen molar-refractivity contribution in [3.8, 4) is 0 Å². The summed E-state index contributed by atoms with van der Waals surface area (Å²) in [5.74, 6) is 1.26. The van der Waals surface area contributed by atoms with Gasteiger partial charge in [-0.25, -0.2) is 0 Å². The molecule has 0 aromatic carbocycles. The number of rotatable bonds is 3. The minimum Gasteiger partial charge on any atom is -0.355 e. The molecule has 0 bridgehead atoms. The maximum atomic E-state index is 5.14. The molecule has 0 aliphatic carbocycles. The van der Waals surface area contributed by atoms with E-state index in [1.54, 1.807) is 14.2 Å². The molecule has 1 heterocycles. The molecule has 1 saturated heterocycles. The van der Waals surface area contributed by atoms with Gasteiger partial charge in [0, 0.05) is 14.2 Å². The average Bonchev–Trinajstić information content (AvgIpc) is 2.43. The third-order valence-corrected chi connectivity index (χ3v) is 3.14. The molecule has 1 aliphatic rings. The van der Waals surface area contributed by atoms with Gasteiger partial charge >= 0.3 is 0 Å².